The maximum Gasteiger partial charge on any atom is 0.223 e. The summed E-state index contributed by atoms with van der Waals surface area (Å²) in [7, 11) is 0. The molecule has 0 spiro atoms. The van der Waals surface area contributed by atoms with Gasteiger partial charge in [-0.1, -0.05) is 31.4 Å². The number of hydrogen-bond acceptors (Lipinski definition) is 3. The van der Waals surface area contributed by atoms with Gasteiger partial charge in [-0.2, -0.15) is 0 Å². The SMILES string of the molecule is O=C(CC(O)c1cccc(F)c1)NCC1(O)CCCCC1. The molecule has 0 heterocycles. The zero-order valence-corrected chi connectivity index (χ0v) is 12.0. The fourth-order valence-electron chi connectivity index (χ4n) is 2.73. The summed E-state index contributed by atoms with van der Waals surface area (Å²) in [5.41, 5.74) is -0.445. The Morgan fingerprint density at radius 2 is 2.05 bits per heavy atom. The number of rotatable bonds is 5. The van der Waals surface area contributed by atoms with E-state index < -0.39 is 17.5 Å². The van der Waals surface area contributed by atoms with Gasteiger partial charge in [0.15, 0.2) is 0 Å². The van der Waals surface area contributed by atoms with Gasteiger partial charge in [0.25, 0.3) is 0 Å². The van der Waals surface area contributed by atoms with Crippen LogP contribution >= 0.6 is 0 Å². The zero-order valence-electron chi connectivity index (χ0n) is 12.0. The predicted molar refractivity (Wildman–Crippen MR) is 77.0 cm³/mol. The Bertz CT molecular complexity index is 486. The number of carbonyl (C=O) groups is 1. The van der Waals surface area contributed by atoms with Gasteiger partial charge in [0.05, 0.1) is 18.1 Å². The second-order valence-electron chi connectivity index (χ2n) is 5.84. The molecule has 116 valence electrons. The number of aliphatic hydroxyl groups is 2. The van der Waals surface area contributed by atoms with Crippen molar-refractivity contribution in [2.75, 3.05) is 6.54 Å². The number of aliphatic hydroxyl groups excluding tert-OH is 1. The maximum atomic E-state index is 13.1. The number of hydrogen-bond donors (Lipinski definition) is 3. The number of nitrogens with one attached hydrogen (secondary N) is 1. The van der Waals surface area contributed by atoms with Crippen LogP contribution in [0.4, 0.5) is 4.39 Å². The lowest BCUT2D eigenvalue weighted by Crippen LogP contribution is -2.44. The topological polar surface area (TPSA) is 69.6 Å². The molecule has 2 rings (SSSR count). The van der Waals surface area contributed by atoms with Crippen molar-refractivity contribution in [2.45, 2.75) is 50.2 Å². The van der Waals surface area contributed by atoms with Gasteiger partial charge in [0, 0.05) is 6.54 Å². The van der Waals surface area contributed by atoms with Gasteiger partial charge in [-0.05, 0) is 30.5 Å². The number of carbonyl (C=O) groups excluding carboxylic acids is 1. The van der Waals surface area contributed by atoms with E-state index in [1.54, 1.807) is 6.07 Å². The lowest BCUT2D eigenvalue weighted by molar-refractivity contribution is -0.124. The van der Waals surface area contributed by atoms with Crippen LogP contribution in [0.3, 0.4) is 0 Å². The third kappa shape index (κ3) is 4.79. The molecule has 0 bridgehead atoms. The maximum absolute atomic E-state index is 13.1. The normalized spacial score (nSPS) is 19.0. The van der Waals surface area contributed by atoms with Gasteiger partial charge in [0.2, 0.25) is 5.91 Å². The van der Waals surface area contributed by atoms with Crippen LogP contribution in [0.1, 0.15) is 50.2 Å². The van der Waals surface area contributed by atoms with Gasteiger partial charge in [-0.25, -0.2) is 4.39 Å². The molecule has 1 amide bonds. The monoisotopic (exact) mass is 295 g/mol. The van der Waals surface area contributed by atoms with E-state index in [4.69, 9.17) is 0 Å². The third-order valence-electron chi connectivity index (χ3n) is 4.01. The molecule has 0 saturated heterocycles. The number of amides is 1. The van der Waals surface area contributed by atoms with E-state index >= 15 is 0 Å². The minimum atomic E-state index is -1.04. The van der Waals surface area contributed by atoms with Gasteiger partial charge < -0.3 is 15.5 Å². The van der Waals surface area contributed by atoms with Crippen LogP contribution in [0, 0.1) is 5.82 Å². The second-order valence-corrected chi connectivity index (χ2v) is 5.84. The first-order chi connectivity index (χ1) is 9.98. The Hall–Kier alpha value is -1.46. The smallest absolute Gasteiger partial charge is 0.223 e. The molecular weight excluding hydrogens is 273 g/mol. The Morgan fingerprint density at radius 1 is 1.33 bits per heavy atom. The van der Waals surface area contributed by atoms with Crippen LogP contribution in [0.5, 0.6) is 0 Å². The van der Waals surface area contributed by atoms with Gasteiger partial charge in [-0.15, -0.1) is 0 Å². The van der Waals surface area contributed by atoms with Gasteiger partial charge >= 0.3 is 0 Å². The zero-order chi connectivity index (χ0) is 15.3. The van der Waals surface area contributed by atoms with Crippen LogP contribution in [-0.4, -0.2) is 28.3 Å². The standard InChI is InChI=1S/C16H22FNO3/c17-13-6-4-5-12(9-13)14(19)10-15(20)18-11-16(21)7-2-1-3-8-16/h4-6,9,14,19,21H,1-3,7-8,10-11H2,(H,18,20). The molecule has 0 aliphatic heterocycles. The summed E-state index contributed by atoms with van der Waals surface area (Å²) in [5.74, 6) is -0.783. The van der Waals surface area contributed by atoms with Crippen molar-refractivity contribution in [3.05, 3.63) is 35.6 Å². The summed E-state index contributed by atoms with van der Waals surface area (Å²) in [6.45, 7) is 0.210. The average molecular weight is 295 g/mol. The first kappa shape index (κ1) is 15.9. The highest BCUT2D eigenvalue weighted by Gasteiger charge is 2.29. The molecule has 0 aromatic heterocycles. The van der Waals surface area contributed by atoms with Crippen LogP contribution in [0.25, 0.3) is 0 Å². The fraction of sp³-hybridized carbons (Fsp3) is 0.562. The number of halogens is 1. The summed E-state index contributed by atoms with van der Waals surface area (Å²) in [6.07, 6.45) is 3.27. The van der Waals surface area contributed by atoms with Gasteiger partial charge in [-0.3, -0.25) is 4.79 Å². The number of benzene rings is 1. The minimum Gasteiger partial charge on any atom is -0.388 e. The molecule has 1 aromatic carbocycles. The highest BCUT2D eigenvalue weighted by Crippen LogP contribution is 2.27. The van der Waals surface area contributed by atoms with Crippen molar-refractivity contribution < 1.29 is 19.4 Å². The van der Waals surface area contributed by atoms with Crippen LogP contribution in [0.2, 0.25) is 0 Å². The largest absolute Gasteiger partial charge is 0.388 e. The molecule has 21 heavy (non-hydrogen) atoms. The molecule has 3 N–H and O–H groups in total. The molecule has 1 atom stereocenters. The molecule has 0 radical (unpaired) electrons. The average Bonchev–Trinajstić information content (AvgIpc) is 2.46. The first-order valence-electron chi connectivity index (χ1n) is 7.41. The van der Waals surface area contributed by atoms with Crippen LogP contribution in [-0.2, 0) is 4.79 Å². The summed E-state index contributed by atoms with van der Waals surface area (Å²) in [6, 6.07) is 5.58. The van der Waals surface area contributed by atoms with Crippen molar-refractivity contribution >= 4 is 5.91 Å². The Labute approximate surface area is 124 Å². The van der Waals surface area contributed by atoms with E-state index in [1.807, 2.05) is 0 Å². The summed E-state index contributed by atoms with van der Waals surface area (Å²) < 4.78 is 13.1. The summed E-state index contributed by atoms with van der Waals surface area (Å²) in [5, 5.41) is 22.9. The molecule has 1 aliphatic carbocycles. The van der Waals surface area contributed by atoms with Crippen LogP contribution in [0.15, 0.2) is 24.3 Å². The van der Waals surface area contributed by atoms with E-state index in [0.29, 0.717) is 18.4 Å². The molecule has 1 saturated carbocycles. The predicted octanol–water partition coefficient (Wildman–Crippen LogP) is 2.06. The molecular formula is C16H22FNO3. The molecule has 1 aliphatic rings. The van der Waals surface area contributed by atoms with E-state index in [1.165, 1.54) is 18.2 Å². The van der Waals surface area contributed by atoms with Gasteiger partial charge in [0.1, 0.15) is 5.82 Å². The highest BCUT2D eigenvalue weighted by atomic mass is 19.1. The van der Waals surface area contributed by atoms with E-state index in [0.717, 1.165) is 19.3 Å². The fourth-order valence-corrected chi connectivity index (χ4v) is 2.73. The Balaban J connectivity index is 1.81. The minimum absolute atomic E-state index is 0.139. The quantitative estimate of drug-likeness (QED) is 0.779. The van der Waals surface area contributed by atoms with Crippen molar-refractivity contribution in [3.63, 3.8) is 0 Å². The van der Waals surface area contributed by atoms with E-state index in [-0.39, 0.29) is 18.9 Å². The highest BCUT2D eigenvalue weighted by molar-refractivity contribution is 5.76. The molecule has 5 heteroatoms. The molecule has 1 fully saturated rings. The Morgan fingerprint density at radius 3 is 2.71 bits per heavy atom. The summed E-state index contributed by atoms with van der Waals surface area (Å²) in [4.78, 5) is 11.8. The van der Waals surface area contributed by atoms with Crippen molar-refractivity contribution in [1.29, 1.82) is 0 Å². The second kappa shape index (κ2) is 7.00. The van der Waals surface area contributed by atoms with Crippen molar-refractivity contribution in [3.8, 4) is 0 Å². The lowest BCUT2D eigenvalue weighted by atomic mass is 9.85. The molecule has 1 aromatic rings. The third-order valence-corrected chi connectivity index (χ3v) is 4.01. The summed E-state index contributed by atoms with van der Waals surface area (Å²) >= 11 is 0. The van der Waals surface area contributed by atoms with Crippen molar-refractivity contribution in [1.82, 2.24) is 5.32 Å². The van der Waals surface area contributed by atoms with Crippen molar-refractivity contribution in [2.24, 2.45) is 0 Å². The Kier molecular flexibility index (Phi) is 5.31. The molecule has 4 nitrogen and oxygen atoms in total. The van der Waals surface area contributed by atoms with E-state index in [2.05, 4.69) is 5.32 Å². The first-order valence-corrected chi connectivity index (χ1v) is 7.41. The van der Waals surface area contributed by atoms with E-state index in [9.17, 15) is 19.4 Å². The van der Waals surface area contributed by atoms with Crippen LogP contribution < -0.4 is 5.32 Å². The molecule has 1 unspecified atom stereocenters. The lowest BCUT2D eigenvalue weighted by Gasteiger charge is -2.32.